The topological polar surface area (TPSA) is 89.1 Å². The van der Waals surface area contributed by atoms with Crippen molar-refractivity contribution in [3.05, 3.63) is 139 Å². The van der Waals surface area contributed by atoms with Crippen LogP contribution in [-0.4, -0.2) is 113 Å². The molecule has 0 aliphatic carbocycles. The van der Waals surface area contributed by atoms with Crippen LogP contribution in [-0.2, 0) is 6.18 Å². The minimum Gasteiger partial charge on any atom is -0.496 e. The molecule has 0 N–H and O–H groups in total. The van der Waals surface area contributed by atoms with Crippen LogP contribution in [0.25, 0.3) is 33.5 Å². The second kappa shape index (κ2) is 17.0. The van der Waals surface area contributed by atoms with E-state index in [0.717, 1.165) is 87.0 Å². The number of fused-ring (bicyclic) bond motifs is 2. The molecule has 4 aromatic carbocycles. The minimum absolute atomic E-state index is 0.196. The summed E-state index contributed by atoms with van der Waals surface area (Å²) in [6, 6.07) is 33.2. The second-order valence-electron chi connectivity index (χ2n) is 16.4. The Labute approximate surface area is 372 Å². The van der Waals surface area contributed by atoms with Gasteiger partial charge in [0.15, 0.2) is 11.3 Å². The third-order valence-corrected chi connectivity index (χ3v) is 12.1. The summed E-state index contributed by atoms with van der Waals surface area (Å²) in [4.78, 5) is 19.7. The maximum atomic E-state index is 14.2. The number of halogens is 4. The van der Waals surface area contributed by atoms with E-state index in [4.69, 9.17) is 24.9 Å². The summed E-state index contributed by atoms with van der Waals surface area (Å²) in [7, 11) is 5.66. The Kier molecular flexibility index (Phi) is 10.9. The fourth-order valence-corrected chi connectivity index (χ4v) is 8.54. The lowest BCUT2D eigenvalue weighted by Gasteiger charge is -2.37. The van der Waals surface area contributed by atoms with Crippen molar-refractivity contribution < 1.29 is 22.3 Å². The molecule has 0 atom stereocenters. The predicted octanol–water partition coefficient (Wildman–Crippen LogP) is 8.67. The molecule has 2 aliphatic rings. The second-order valence-corrected chi connectivity index (χ2v) is 16.4. The predicted molar refractivity (Wildman–Crippen MR) is 245 cm³/mol. The molecule has 2 fully saturated rings. The third-order valence-electron chi connectivity index (χ3n) is 12.1. The summed E-state index contributed by atoms with van der Waals surface area (Å²) >= 11 is 0. The Morgan fingerprint density at radius 1 is 0.554 bits per heavy atom. The van der Waals surface area contributed by atoms with Crippen LogP contribution in [0.2, 0.25) is 0 Å². The Morgan fingerprint density at radius 2 is 1.06 bits per heavy atom. The first-order valence-electron chi connectivity index (χ1n) is 21.4. The fourth-order valence-electron chi connectivity index (χ4n) is 8.54. The molecule has 0 saturated carbocycles. The van der Waals surface area contributed by atoms with Gasteiger partial charge >= 0.3 is 6.18 Å². The van der Waals surface area contributed by atoms with Gasteiger partial charge in [-0.3, -0.25) is 0 Å². The van der Waals surface area contributed by atoms with Gasteiger partial charge in [-0.15, -0.1) is 10.2 Å². The van der Waals surface area contributed by atoms with Crippen LogP contribution in [0.1, 0.15) is 5.56 Å². The molecule has 0 radical (unpaired) electrons. The number of aromatic nitrogens is 6. The van der Waals surface area contributed by atoms with Crippen LogP contribution in [0, 0.1) is 5.82 Å². The number of pyridine rings is 2. The SMILES string of the molecule is COc1ccc(C(F)(F)F)cc1-c1cccn2nc(N(c3cccc(N4CCN(C)CC4)c3)N(c3cccc(N4CCN(C)CC4)c3)c3nc4c(-c5ccc(F)cc5)cccn4n3)nc12. The van der Waals surface area contributed by atoms with E-state index in [1.54, 1.807) is 39.5 Å². The standard InChI is InChI=1S/C48H46F4N12O/c1-57-22-26-59(27-23-57)36-8-4-10-38(31-36)63(46-53-44-40(12-6-20-61(44)55-46)33-14-17-35(49)18-15-33)64(39-11-5-9-37(32-39)60-28-24-58(2)25-29-60)47-54-45-41(13-7-21-62(45)56-47)42-30-34(48(50,51)52)16-19-43(42)65-3/h4-21,30-32H,22-29H2,1-3H3. The van der Waals surface area contributed by atoms with Gasteiger partial charge < -0.3 is 24.3 Å². The van der Waals surface area contributed by atoms with E-state index in [2.05, 4.69) is 58.0 Å². The van der Waals surface area contributed by atoms with Gasteiger partial charge in [0.1, 0.15) is 11.6 Å². The number of hydrogen-bond acceptors (Lipinski definition) is 11. The minimum atomic E-state index is -4.59. The zero-order valence-corrected chi connectivity index (χ0v) is 36.1. The molecule has 0 amide bonds. The van der Waals surface area contributed by atoms with Gasteiger partial charge in [0.2, 0.25) is 0 Å². The van der Waals surface area contributed by atoms with Crippen molar-refractivity contribution in [2.45, 2.75) is 6.18 Å². The number of benzene rings is 4. The first kappa shape index (κ1) is 41.8. The highest BCUT2D eigenvalue weighted by molar-refractivity contribution is 5.85. The van der Waals surface area contributed by atoms with Gasteiger partial charge in [-0.1, -0.05) is 24.3 Å². The summed E-state index contributed by atoms with van der Waals surface area (Å²) in [6.45, 7) is 6.93. The molecule has 10 rings (SSSR count). The summed E-state index contributed by atoms with van der Waals surface area (Å²) < 4.78 is 65.6. The molecule has 2 saturated heterocycles. The normalized spacial score (nSPS) is 15.2. The molecule has 13 nitrogen and oxygen atoms in total. The molecule has 8 aromatic rings. The van der Waals surface area contributed by atoms with Crippen LogP contribution < -0.4 is 24.6 Å². The van der Waals surface area contributed by atoms with E-state index >= 15 is 0 Å². The van der Waals surface area contributed by atoms with Crippen molar-refractivity contribution in [1.29, 1.82) is 0 Å². The van der Waals surface area contributed by atoms with Crippen molar-refractivity contribution in [2.24, 2.45) is 0 Å². The maximum Gasteiger partial charge on any atom is 0.416 e. The lowest BCUT2D eigenvalue weighted by molar-refractivity contribution is -0.137. The van der Waals surface area contributed by atoms with E-state index in [9.17, 15) is 17.6 Å². The molecule has 17 heteroatoms. The van der Waals surface area contributed by atoms with Gasteiger partial charge in [0.05, 0.1) is 24.0 Å². The first-order valence-corrected chi connectivity index (χ1v) is 21.4. The van der Waals surface area contributed by atoms with E-state index in [1.165, 1.54) is 25.3 Å². The number of alkyl halides is 3. The van der Waals surface area contributed by atoms with Crippen molar-refractivity contribution >= 4 is 45.9 Å². The van der Waals surface area contributed by atoms with Crippen molar-refractivity contribution in [1.82, 2.24) is 39.0 Å². The molecule has 2 aliphatic heterocycles. The molecule has 332 valence electrons. The maximum absolute atomic E-state index is 14.2. The summed E-state index contributed by atoms with van der Waals surface area (Å²) in [5.74, 6) is 0.374. The van der Waals surface area contributed by atoms with Crippen molar-refractivity contribution in [3.63, 3.8) is 0 Å². The smallest absolute Gasteiger partial charge is 0.416 e. The van der Waals surface area contributed by atoms with E-state index in [1.807, 2.05) is 52.6 Å². The van der Waals surface area contributed by atoms with Crippen molar-refractivity contribution in [3.8, 4) is 28.0 Å². The van der Waals surface area contributed by atoms with E-state index in [-0.39, 0.29) is 29.0 Å². The average molecular weight is 883 g/mol. The zero-order chi connectivity index (χ0) is 44.8. The van der Waals surface area contributed by atoms with Crippen LogP contribution in [0.5, 0.6) is 5.75 Å². The molecular formula is C48H46F4N12O. The average Bonchev–Trinajstić information content (AvgIpc) is 3.96. The van der Waals surface area contributed by atoms with Crippen LogP contribution in [0.15, 0.2) is 128 Å². The molecular weight excluding hydrogens is 837 g/mol. The van der Waals surface area contributed by atoms with Crippen LogP contribution in [0.4, 0.5) is 52.2 Å². The molecule has 0 bridgehead atoms. The van der Waals surface area contributed by atoms with Gasteiger partial charge in [0, 0.05) is 92.8 Å². The first-order chi connectivity index (χ1) is 31.5. The summed E-state index contributed by atoms with van der Waals surface area (Å²) in [5, 5.41) is 13.9. The largest absolute Gasteiger partial charge is 0.496 e. The lowest BCUT2D eigenvalue weighted by Crippen LogP contribution is -2.44. The highest BCUT2D eigenvalue weighted by Crippen LogP contribution is 2.41. The van der Waals surface area contributed by atoms with Gasteiger partial charge in [-0.2, -0.15) is 23.1 Å². The molecule has 0 spiro atoms. The monoisotopic (exact) mass is 882 g/mol. The number of ether oxygens (including phenoxy) is 1. The number of piperazine rings is 2. The fraction of sp³-hybridized carbons (Fsp3) is 0.250. The Morgan fingerprint density at radius 3 is 1.57 bits per heavy atom. The number of hydrogen-bond donors (Lipinski definition) is 0. The number of hydrazine groups is 1. The summed E-state index contributed by atoms with van der Waals surface area (Å²) in [5.41, 5.74) is 5.49. The molecule has 65 heavy (non-hydrogen) atoms. The quantitative estimate of drug-likeness (QED) is 0.0978. The number of nitrogens with zero attached hydrogens (tertiary/aromatic N) is 12. The van der Waals surface area contributed by atoms with Gasteiger partial charge in [-0.25, -0.2) is 23.4 Å². The Bertz CT molecular complexity index is 2970. The zero-order valence-electron chi connectivity index (χ0n) is 36.1. The van der Waals surface area contributed by atoms with Gasteiger partial charge in [-0.05, 0) is 111 Å². The van der Waals surface area contributed by atoms with Gasteiger partial charge in [0.25, 0.3) is 11.9 Å². The number of anilines is 6. The van der Waals surface area contributed by atoms with Crippen LogP contribution in [0.3, 0.4) is 0 Å². The van der Waals surface area contributed by atoms with E-state index < -0.39 is 11.7 Å². The lowest BCUT2D eigenvalue weighted by atomic mass is 10.0. The number of likely N-dealkylation sites (N-methyl/N-ethyl adjacent to an activating group) is 2. The molecule has 0 unspecified atom stereocenters. The highest BCUT2D eigenvalue weighted by atomic mass is 19.4. The third kappa shape index (κ3) is 8.24. The molecule has 6 heterocycles. The van der Waals surface area contributed by atoms with Crippen molar-refractivity contribution in [2.75, 3.05) is 93.4 Å². The summed E-state index contributed by atoms with van der Waals surface area (Å²) in [6.07, 6.45) is -1.06. The highest BCUT2D eigenvalue weighted by Gasteiger charge is 2.33. The van der Waals surface area contributed by atoms with Crippen LogP contribution >= 0.6 is 0 Å². The number of methoxy groups -OCH3 is 1. The Balaban J connectivity index is 1.20. The van der Waals surface area contributed by atoms with E-state index in [0.29, 0.717) is 28.2 Å². The Hall–Kier alpha value is -7.24. The number of rotatable bonds is 10. The molecule has 4 aromatic heterocycles.